The normalized spacial score (nSPS) is 16.9. The van der Waals surface area contributed by atoms with E-state index in [-0.39, 0.29) is 29.2 Å². The van der Waals surface area contributed by atoms with Gasteiger partial charge in [-0.15, -0.1) is 0 Å². The van der Waals surface area contributed by atoms with Crippen molar-refractivity contribution in [3.05, 3.63) is 29.8 Å². The fourth-order valence-electron chi connectivity index (χ4n) is 3.20. The molecule has 9 heteroatoms. The zero-order valence-electron chi connectivity index (χ0n) is 16.9. The quantitative estimate of drug-likeness (QED) is 0.740. The maximum absolute atomic E-state index is 12.4. The molecule has 1 aliphatic heterocycles. The number of sulfonamides is 1. The van der Waals surface area contributed by atoms with E-state index >= 15 is 0 Å². The highest BCUT2D eigenvalue weighted by atomic mass is 32.2. The lowest BCUT2D eigenvalue weighted by atomic mass is 9.87. The molecule has 0 bridgehead atoms. The van der Waals surface area contributed by atoms with E-state index < -0.39 is 25.1 Å². The van der Waals surface area contributed by atoms with Crippen molar-refractivity contribution >= 4 is 25.8 Å². The molecule has 28 heavy (non-hydrogen) atoms. The summed E-state index contributed by atoms with van der Waals surface area (Å²) in [5.41, 5.74) is 0.978. The molecular formula is C19H30N2O5S2. The van der Waals surface area contributed by atoms with E-state index in [0.29, 0.717) is 25.9 Å². The molecule has 2 rings (SSSR count). The highest BCUT2D eigenvalue weighted by molar-refractivity contribution is 7.91. The van der Waals surface area contributed by atoms with Gasteiger partial charge in [-0.1, -0.05) is 32.9 Å². The smallest absolute Gasteiger partial charge is 0.240 e. The monoisotopic (exact) mass is 430 g/mol. The van der Waals surface area contributed by atoms with Crippen LogP contribution >= 0.6 is 0 Å². The van der Waals surface area contributed by atoms with Crippen LogP contribution in [0.3, 0.4) is 0 Å². The van der Waals surface area contributed by atoms with Crippen molar-refractivity contribution in [3.63, 3.8) is 0 Å². The molecule has 158 valence electrons. The Bertz CT molecular complexity index is 893. The summed E-state index contributed by atoms with van der Waals surface area (Å²) in [6.07, 6.45) is 2.12. The highest BCUT2D eigenvalue weighted by Gasteiger charge is 2.28. The third-order valence-electron chi connectivity index (χ3n) is 5.06. The van der Waals surface area contributed by atoms with Crippen LogP contribution < -0.4 is 4.72 Å². The standard InChI is InChI=1S/C19H30N2O5S2/c1-19(2,3)15-5-7-17(8-6-15)28(25,26)20-12-9-18(22)21-13-10-16(11-14-21)27(4,23)24/h5-8,16,20H,9-14H2,1-4H3. The SMILES string of the molecule is CC(C)(C)c1ccc(S(=O)(=O)NCCC(=O)N2CCC(S(C)(=O)=O)CC2)cc1. The number of hydrogen-bond donors (Lipinski definition) is 1. The minimum absolute atomic E-state index is 0.00813. The van der Waals surface area contributed by atoms with Crippen LogP contribution in [-0.4, -0.2) is 58.8 Å². The number of rotatable bonds is 6. The average molecular weight is 431 g/mol. The molecule has 1 aromatic carbocycles. The zero-order chi connectivity index (χ0) is 21.2. The Morgan fingerprint density at radius 1 is 1.07 bits per heavy atom. The van der Waals surface area contributed by atoms with Gasteiger partial charge < -0.3 is 4.90 Å². The van der Waals surface area contributed by atoms with Gasteiger partial charge >= 0.3 is 0 Å². The van der Waals surface area contributed by atoms with Gasteiger partial charge in [0, 0.05) is 32.3 Å². The molecule has 1 amide bonds. The summed E-state index contributed by atoms with van der Waals surface area (Å²) in [5.74, 6) is -0.169. The first-order chi connectivity index (χ1) is 12.8. The third kappa shape index (κ3) is 6.02. The Kier molecular flexibility index (Phi) is 6.94. The Hall–Kier alpha value is -1.45. The van der Waals surface area contributed by atoms with Crippen LogP contribution in [0.1, 0.15) is 45.6 Å². The van der Waals surface area contributed by atoms with E-state index in [9.17, 15) is 21.6 Å². The van der Waals surface area contributed by atoms with Gasteiger partial charge in [-0.2, -0.15) is 0 Å². The van der Waals surface area contributed by atoms with Gasteiger partial charge in [-0.3, -0.25) is 4.79 Å². The number of hydrogen-bond acceptors (Lipinski definition) is 5. The summed E-state index contributed by atoms with van der Waals surface area (Å²) in [5, 5.41) is -0.397. The first-order valence-corrected chi connectivity index (χ1v) is 12.8. The van der Waals surface area contributed by atoms with Crippen LogP contribution in [0, 0.1) is 0 Å². The number of carbonyl (C=O) groups excluding carboxylic acids is 1. The van der Waals surface area contributed by atoms with E-state index in [1.807, 2.05) is 0 Å². The lowest BCUT2D eigenvalue weighted by Gasteiger charge is -2.31. The second-order valence-corrected chi connectivity index (χ2v) is 12.4. The molecule has 1 saturated heterocycles. The molecule has 0 saturated carbocycles. The number of likely N-dealkylation sites (tertiary alicyclic amines) is 1. The van der Waals surface area contributed by atoms with Gasteiger partial charge in [-0.05, 0) is 36.0 Å². The fraction of sp³-hybridized carbons (Fsp3) is 0.632. The maximum atomic E-state index is 12.4. The van der Waals surface area contributed by atoms with E-state index in [0.717, 1.165) is 5.56 Å². The van der Waals surface area contributed by atoms with Crippen LogP contribution in [-0.2, 0) is 30.1 Å². The van der Waals surface area contributed by atoms with Crippen molar-refractivity contribution in [2.75, 3.05) is 25.9 Å². The van der Waals surface area contributed by atoms with Crippen LogP contribution in [0.4, 0.5) is 0 Å². The number of carbonyl (C=O) groups is 1. The fourth-order valence-corrected chi connectivity index (χ4v) is 5.30. The van der Waals surface area contributed by atoms with Gasteiger partial charge in [0.2, 0.25) is 15.9 Å². The molecule has 0 atom stereocenters. The van der Waals surface area contributed by atoms with Gasteiger partial charge in [0.15, 0.2) is 0 Å². The summed E-state index contributed by atoms with van der Waals surface area (Å²) in [7, 11) is -6.76. The third-order valence-corrected chi connectivity index (χ3v) is 8.22. The number of sulfone groups is 1. The van der Waals surface area contributed by atoms with Gasteiger partial charge in [0.25, 0.3) is 0 Å². The number of benzene rings is 1. The lowest BCUT2D eigenvalue weighted by molar-refractivity contribution is -0.131. The molecule has 7 nitrogen and oxygen atoms in total. The Balaban J connectivity index is 1.86. The molecule has 1 aromatic rings. The van der Waals surface area contributed by atoms with Crippen LogP contribution in [0.15, 0.2) is 29.2 Å². The molecule has 0 radical (unpaired) electrons. The first-order valence-electron chi connectivity index (χ1n) is 9.37. The summed E-state index contributed by atoms with van der Waals surface area (Å²) >= 11 is 0. The predicted molar refractivity (Wildman–Crippen MR) is 109 cm³/mol. The number of nitrogens with zero attached hydrogens (tertiary/aromatic N) is 1. The number of piperidine rings is 1. The molecule has 0 unspecified atom stereocenters. The molecular weight excluding hydrogens is 400 g/mol. The molecule has 0 aliphatic carbocycles. The number of amides is 1. The largest absolute Gasteiger partial charge is 0.343 e. The van der Waals surface area contributed by atoms with Crippen molar-refractivity contribution in [1.82, 2.24) is 9.62 Å². The molecule has 1 heterocycles. The molecule has 1 aliphatic rings. The summed E-state index contributed by atoms with van der Waals surface area (Å²) in [6, 6.07) is 6.73. The van der Waals surface area contributed by atoms with Crippen molar-refractivity contribution < 1.29 is 21.6 Å². The number of nitrogens with one attached hydrogen (secondary N) is 1. The summed E-state index contributed by atoms with van der Waals surface area (Å²) < 4.78 is 50.4. The van der Waals surface area contributed by atoms with Crippen molar-refractivity contribution in [2.45, 2.75) is 55.6 Å². The lowest BCUT2D eigenvalue weighted by Crippen LogP contribution is -2.43. The maximum Gasteiger partial charge on any atom is 0.240 e. The van der Waals surface area contributed by atoms with Gasteiger partial charge in [0.1, 0.15) is 9.84 Å². The Labute approximate surface area is 168 Å². The van der Waals surface area contributed by atoms with Crippen LogP contribution in [0.5, 0.6) is 0 Å². The topological polar surface area (TPSA) is 101 Å². The van der Waals surface area contributed by atoms with Gasteiger partial charge in [-0.25, -0.2) is 21.6 Å². The van der Waals surface area contributed by atoms with Crippen LogP contribution in [0.2, 0.25) is 0 Å². The molecule has 1 fully saturated rings. The summed E-state index contributed by atoms with van der Waals surface area (Å²) in [4.78, 5) is 14.0. The highest BCUT2D eigenvalue weighted by Crippen LogP contribution is 2.23. The second kappa shape index (κ2) is 8.51. The predicted octanol–water partition coefficient (Wildman–Crippen LogP) is 1.69. The average Bonchev–Trinajstić information content (AvgIpc) is 2.60. The molecule has 1 N–H and O–H groups in total. The van der Waals surface area contributed by atoms with Crippen molar-refractivity contribution in [1.29, 1.82) is 0 Å². The van der Waals surface area contributed by atoms with Crippen molar-refractivity contribution in [3.8, 4) is 0 Å². The minimum atomic E-state index is -3.68. The first kappa shape index (κ1) is 22.8. The van der Waals surface area contributed by atoms with Crippen LogP contribution in [0.25, 0.3) is 0 Å². The second-order valence-electron chi connectivity index (χ2n) is 8.33. The van der Waals surface area contributed by atoms with Crippen molar-refractivity contribution in [2.24, 2.45) is 0 Å². The van der Waals surface area contributed by atoms with E-state index in [1.54, 1.807) is 29.2 Å². The van der Waals surface area contributed by atoms with Gasteiger partial charge in [0.05, 0.1) is 10.1 Å². The minimum Gasteiger partial charge on any atom is -0.343 e. The Morgan fingerprint density at radius 2 is 1.61 bits per heavy atom. The van der Waals surface area contributed by atoms with E-state index in [4.69, 9.17) is 0 Å². The zero-order valence-corrected chi connectivity index (χ0v) is 18.6. The molecule has 0 aromatic heterocycles. The van der Waals surface area contributed by atoms with E-state index in [2.05, 4.69) is 25.5 Å². The summed E-state index contributed by atoms with van der Waals surface area (Å²) in [6.45, 7) is 6.95. The Morgan fingerprint density at radius 3 is 2.07 bits per heavy atom. The van der Waals surface area contributed by atoms with E-state index in [1.165, 1.54) is 6.26 Å². The molecule has 0 spiro atoms.